The van der Waals surface area contributed by atoms with E-state index in [9.17, 15) is 18.0 Å². The molecule has 0 saturated carbocycles. The second-order valence-corrected chi connectivity index (χ2v) is 10.3. The van der Waals surface area contributed by atoms with Gasteiger partial charge in [-0.1, -0.05) is 18.2 Å². The lowest BCUT2D eigenvalue weighted by molar-refractivity contribution is -0.148. The summed E-state index contributed by atoms with van der Waals surface area (Å²) < 4.78 is 44.2. The number of nitrogens with zero attached hydrogens (tertiary/aromatic N) is 2. The maximum Gasteiger partial charge on any atom is 0.348 e. The van der Waals surface area contributed by atoms with Gasteiger partial charge in [-0.15, -0.1) is 0 Å². The Morgan fingerprint density at radius 1 is 1.09 bits per heavy atom. The van der Waals surface area contributed by atoms with Crippen molar-refractivity contribution in [3.8, 4) is 11.5 Å². The van der Waals surface area contributed by atoms with Crippen LogP contribution in [-0.4, -0.2) is 64.6 Å². The number of hydrogen-bond acceptors (Lipinski definition) is 7. The van der Waals surface area contributed by atoms with Gasteiger partial charge in [0, 0.05) is 13.1 Å². The average Bonchev–Trinajstić information content (AvgIpc) is 2.87. The highest BCUT2D eigenvalue weighted by atomic mass is 32.2. The van der Waals surface area contributed by atoms with Crippen molar-refractivity contribution in [2.24, 2.45) is 5.92 Å². The molecule has 1 fully saturated rings. The van der Waals surface area contributed by atoms with Gasteiger partial charge >= 0.3 is 5.97 Å². The van der Waals surface area contributed by atoms with Gasteiger partial charge < -0.3 is 19.1 Å². The minimum absolute atomic E-state index is 0.00251. The summed E-state index contributed by atoms with van der Waals surface area (Å²) in [6.07, 6.45) is 0.123. The number of ether oxygens (including phenoxy) is 3. The summed E-state index contributed by atoms with van der Waals surface area (Å²) >= 11 is 0. The van der Waals surface area contributed by atoms with Gasteiger partial charge in [0.05, 0.1) is 32.4 Å². The van der Waals surface area contributed by atoms with Crippen molar-refractivity contribution in [1.82, 2.24) is 4.31 Å². The number of fused-ring (bicyclic) bond motifs is 1. The van der Waals surface area contributed by atoms with Crippen LogP contribution in [0.15, 0.2) is 47.4 Å². The Hall–Kier alpha value is -3.11. The summed E-state index contributed by atoms with van der Waals surface area (Å²) in [6.45, 7) is 2.17. The molecule has 1 saturated heterocycles. The SMILES string of the molecule is COC(=O)[C@@H]1CN(C(=O)[C@H]2CCCN(S(=O)(=O)c3cc(C)ccc3OC)C2)c2ccccc2O1. The molecule has 0 radical (unpaired) electrons. The molecule has 34 heavy (non-hydrogen) atoms. The molecule has 182 valence electrons. The fourth-order valence-corrected chi connectivity index (χ4v) is 6.17. The Bertz CT molecular complexity index is 1200. The Balaban J connectivity index is 1.60. The number of sulfonamides is 1. The number of methoxy groups -OCH3 is 2. The molecule has 0 bridgehead atoms. The van der Waals surface area contributed by atoms with E-state index in [0.29, 0.717) is 30.8 Å². The molecule has 2 aliphatic heterocycles. The van der Waals surface area contributed by atoms with Crippen LogP contribution in [0, 0.1) is 12.8 Å². The molecule has 2 aromatic carbocycles. The Labute approximate surface area is 199 Å². The summed E-state index contributed by atoms with van der Waals surface area (Å²) in [5, 5.41) is 0. The van der Waals surface area contributed by atoms with Crippen molar-refractivity contribution in [3.05, 3.63) is 48.0 Å². The first-order valence-electron chi connectivity index (χ1n) is 11.1. The second kappa shape index (κ2) is 9.63. The highest BCUT2D eigenvalue weighted by Gasteiger charge is 2.40. The Kier molecular flexibility index (Phi) is 6.81. The first-order valence-corrected chi connectivity index (χ1v) is 12.5. The van der Waals surface area contributed by atoms with E-state index in [1.54, 1.807) is 42.5 Å². The number of amides is 1. The third kappa shape index (κ3) is 4.47. The minimum atomic E-state index is -3.87. The largest absolute Gasteiger partial charge is 0.495 e. The van der Waals surface area contributed by atoms with Crippen LogP contribution in [0.1, 0.15) is 18.4 Å². The number of para-hydroxylation sites is 2. The lowest BCUT2D eigenvalue weighted by Gasteiger charge is -2.38. The molecule has 0 spiro atoms. The van der Waals surface area contributed by atoms with Crippen molar-refractivity contribution >= 4 is 27.6 Å². The van der Waals surface area contributed by atoms with E-state index in [2.05, 4.69) is 0 Å². The number of rotatable bonds is 5. The quantitative estimate of drug-likeness (QED) is 0.596. The van der Waals surface area contributed by atoms with Crippen molar-refractivity contribution in [3.63, 3.8) is 0 Å². The van der Waals surface area contributed by atoms with Crippen LogP contribution in [0.5, 0.6) is 11.5 Å². The lowest BCUT2D eigenvalue weighted by atomic mass is 9.97. The van der Waals surface area contributed by atoms with E-state index in [4.69, 9.17) is 14.2 Å². The number of esters is 1. The smallest absolute Gasteiger partial charge is 0.348 e. The summed E-state index contributed by atoms with van der Waals surface area (Å²) in [5.41, 5.74) is 1.34. The second-order valence-electron chi connectivity index (χ2n) is 8.40. The molecule has 2 atom stereocenters. The van der Waals surface area contributed by atoms with Gasteiger partial charge in [0.1, 0.15) is 16.4 Å². The molecule has 0 N–H and O–H groups in total. The molecule has 0 unspecified atom stereocenters. The first-order chi connectivity index (χ1) is 16.3. The van der Waals surface area contributed by atoms with Gasteiger partial charge in [-0.05, 0) is 49.6 Å². The molecular formula is C24H28N2O7S. The normalized spacial score (nSPS) is 20.7. The molecule has 2 aromatic rings. The van der Waals surface area contributed by atoms with Crippen LogP contribution < -0.4 is 14.4 Å². The van der Waals surface area contributed by atoms with Crippen LogP contribution in [0.3, 0.4) is 0 Å². The molecule has 0 aliphatic carbocycles. The number of hydrogen-bond donors (Lipinski definition) is 0. The summed E-state index contributed by atoms with van der Waals surface area (Å²) in [7, 11) is -1.18. The van der Waals surface area contributed by atoms with Gasteiger partial charge in [0.25, 0.3) is 0 Å². The van der Waals surface area contributed by atoms with Crippen molar-refractivity contribution in [1.29, 1.82) is 0 Å². The predicted octanol–water partition coefficient (Wildman–Crippen LogP) is 2.37. The van der Waals surface area contributed by atoms with E-state index in [-0.39, 0.29) is 29.6 Å². The summed E-state index contributed by atoms with van der Waals surface area (Å²) in [6, 6.07) is 12.0. The number of piperidine rings is 1. The third-order valence-corrected chi connectivity index (χ3v) is 8.06. The zero-order valence-corrected chi connectivity index (χ0v) is 20.2. The molecule has 0 aromatic heterocycles. The van der Waals surface area contributed by atoms with Crippen LogP contribution >= 0.6 is 0 Å². The molecular weight excluding hydrogens is 460 g/mol. The molecule has 4 rings (SSSR count). The van der Waals surface area contributed by atoms with Crippen LogP contribution in [0.4, 0.5) is 5.69 Å². The Morgan fingerprint density at radius 2 is 1.85 bits per heavy atom. The number of anilines is 1. The van der Waals surface area contributed by atoms with Gasteiger partial charge in [0.2, 0.25) is 22.0 Å². The van der Waals surface area contributed by atoms with Gasteiger partial charge in [-0.3, -0.25) is 4.79 Å². The zero-order chi connectivity index (χ0) is 24.5. The maximum atomic E-state index is 13.6. The van der Waals surface area contributed by atoms with E-state index >= 15 is 0 Å². The highest BCUT2D eigenvalue weighted by molar-refractivity contribution is 7.89. The molecule has 10 heteroatoms. The number of aryl methyl sites for hydroxylation is 1. The molecule has 2 heterocycles. The van der Waals surface area contributed by atoms with Gasteiger partial charge in [0.15, 0.2) is 0 Å². The van der Waals surface area contributed by atoms with Crippen LogP contribution in [0.25, 0.3) is 0 Å². The van der Waals surface area contributed by atoms with Crippen LogP contribution in [0.2, 0.25) is 0 Å². The third-order valence-electron chi connectivity index (χ3n) is 6.17. The van der Waals surface area contributed by atoms with Crippen molar-refractivity contribution in [2.75, 3.05) is 38.8 Å². The van der Waals surface area contributed by atoms with Gasteiger partial charge in [-0.25, -0.2) is 13.2 Å². The minimum Gasteiger partial charge on any atom is -0.495 e. The maximum absolute atomic E-state index is 13.6. The number of carbonyl (C=O) groups excluding carboxylic acids is 2. The number of carbonyl (C=O) groups is 2. The fraction of sp³-hybridized carbons (Fsp3) is 0.417. The standard InChI is InChI=1S/C24H28N2O7S/c1-16-10-11-20(31-2)22(13-16)34(29,30)25-12-6-7-17(14-25)23(27)26-15-21(24(28)32-3)33-19-9-5-4-8-18(19)26/h4-5,8-11,13,17,21H,6-7,12,14-15H2,1-3H3/t17-,21-/m0/s1. The summed E-state index contributed by atoms with van der Waals surface area (Å²) in [4.78, 5) is 27.4. The van der Waals surface area contributed by atoms with Crippen molar-refractivity contribution < 1.29 is 32.2 Å². The topological polar surface area (TPSA) is 102 Å². The number of benzene rings is 2. The average molecular weight is 489 g/mol. The fourth-order valence-electron chi connectivity index (χ4n) is 4.40. The molecule has 1 amide bonds. The molecule has 9 nitrogen and oxygen atoms in total. The summed E-state index contributed by atoms with van der Waals surface area (Å²) in [5.74, 6) is -0.722. The lowest BCUT2D eigenvalue weighted by Crippen LogP contribution is -2.52. The zero-order valence-electron chi connectivity index (χ0n) is 19.4. The van der Waals surface area contributed by atoms with E-state index < -0.39 is 28.0 Å². The van der Waals surface area contributed by atoms with E-state index in [0.717, 1.165) is 5.56 Å². The van der Waals surface area contributed by atoms with Crippen LogP contribution in [-0.2, 0) is 24.3 Å². The monoisotopic (exact) mass is 488 g/mol. The highest BCUT2D eigenvalue weighted by Crippen LogP contribution is 2.36. The Morgan fingerprint density at radius 3 is 2.59 bits per heavy atom. The van der Waals surface area contributed by atoms with Gasteiger partial charge in [-0.2, -0.15) is 4.31 Å². The molecule has 2 aliphatic rings. The predicted molar refractivity (Wildman–Crippen MR) is 124 cm³/mol. The first kappa shape index (κ1) is 24.0. The van der Waals surface area contributed by atoms with Crippen molar-refractivity contribution in [2.45, 2.75) is 30.8 Å². The van der Waals surface area contributed by atoms with E-state index in [1.807, 2.05) is 6.92 Å². The van der Waals surface area contributed by atoms with E-state index in [1.165, 1.54) is 23.4 Å².